The van der Waals surface area contributed by atoms with E-state index in [1.807, 2.05) is 45.9 Å². The predicted molar refractivity (Wildman–Crippen MR) is 93.1 cm³/mol. The average molecular weight is 334 g/mol. The molecule has 0 aliphatic heterocycles. The van der Waals surface area contributed by atoms with Crippen molar-refractivity contribution in [2.75, 3.05) is 11.9 Å². The first-order valence-corrected chi connectivity index (χ1v) is 7.87. The highest BCUT2D eigenvalue weighted by atomic mass is 16.2. The third-order valence-electron chi connectivity index (χ3n) is 3.45. The van der Waals surface area contributed by atoms with Gasteiger partial charge in [0.25, 0.3) is 11.8 Å². The number of nitrogens with one attached hydrogen (secondary N) is 4. The van der Waals surface area contributed by atoms with Crippen LogP contribution < -0.4 is 21.5 Å². The van der Waals surface area contributed by atoms with E-state index in [-0.39, 0.29) is 24.3 Å². The lowest BCUT2D eigenvalue weighted by atomic mass is 10.0. The molecular weight excluding hydrogens is 308 g/mol. The minimum atomic E-state index is -0.699. The van der Waals surface area contributed by atoms with Gasteiger partial charge in [0.05, 0.1) is 6.54 Å². The van der Waals surface area contributed by atoms with Gasteiger partial charge in [-0.3, -0.25) is 25.2 Å². The lowest BCUT2D eigenvalue weighted by molar-refractivity contribution is -0.132. The van der Waals surface area contributed by atoms with Gasteiger partial charge < -0.3 is 10.6 Å². The van der Waals surface area contributed by atoms with Crippen molar-refractivity contribution in [1.29, 1.82) is 0 Å². The lowest BCUT2D eigenvalue weighted by Gasteiger charge is -2.21. The molecule has 0 fully saturated rings. The largest absolute Gasteiger partial charge is 0.376 e. The number of carbonyl (C=O) groups excluding carboxylic acids is 3. The van der Waals surface area contributed by atoms with Crippen molar-refractivity contribution in [1.82, 2.24) is 16.2 Å². The van der Waals surface area contributed by atoms with Crippen LogP contribution in [0.15, 0.2) is 18.2 Å². The number of rotatable bonds is 6. The fourth-order valence-electron chi connectivity index (χ4n) is 2.19. The number of anilines is 1. The molecule has 24 heavy (non-hydrogen) atoms. The highest BCUT2D eigenvalue weighted by Crippen LogP contribution is 2.15. The van der Waals surface area contributed by atoms with E-state index in [4.69, 9.17) is 0 Å². The van der Waals surface area contributed by atoms with E-state index in [1.165, 1.54) is 6.92 Å². The van der Waals surface area contributed by atoms with Gasteiger partial charge in [0.1, 0.15) is 6.04 Å². The molecule has 3 amide bonds. The molecule has 1 aromatic carbocycles. The minimum Gasteiger partial charge on any atom is -0.376 e. The van der Waals surface area contributed by atoms with Crippen molar-refractivity contribution < 1.29 is 14.4 Å². The molecule has 0 radical (unpaired) electrons. The summed E-state index contributed by atoms with van der Waals surface area (Å²) in [5.74, 6) is -1.24. The van der Waals surface area contributed by atoms with E-state index in [1.54, 1.807) is 0 Å². The third kappa shape index (κ3) is 6.28. The van der Waals surface area contributed by atoms with Crippen molar-refractivity contribution in [3.63, 3.8) is 0 Å². The molecule has 0 aromatic heterocycles. The molecule has 0 aliphatic carbocycles. The molecule has 4 N–H and O–H groups in total. The zero-order valence-corrected chi connectivity index (χ0v) is 14.8. The highest BCUT2D eigenvalue weighted by molar-refractivity contribution is 5.89. The SMILES string of the molecule is CC(=O)NC(C(=O)NNC(=O)CNc1ccc(C)cc1C)C(C)C. The summed E-state index contributed by atoms with van der Waals surface area (Å²) in [5.41, 5.74) is 7.72. The van der Waals surface area contributed by atoms with E-state index in [2.05, 4.69) is 21.5 Å². The molecule has 1 rings (SSSR count). The van der Waals surface area contributed by atoms with Gasteiger partial charge in [-0.25, -0.2) is 0 Å². The molecule has 1 unspecified atom stereocenters. The van der Waals surface area contributed by atoms with E-state index in [0.29, 0.717) is 0 Å². The van der Waals surface area contributed by atoms with Crippen molar-refractivity contribution in [2.24, 2.45) is 5.92 Å². The smallest absolute Gasteiger partial charge is 0.261 e. The second-order valence-electron chi connectivity index (χ2n) is 6.13. The van der Waals surface area contributed by atoms with Gasteiger partial charge in [0.15, 0.2) is 0 Å². The molecule has 0 saturated heterocycles. The summed E-state index contributed by atoms with van der Waals surface area (Å²) < 4.78 is 0. The lowest BCUT2D eigenvalue weighted by Crippen LogP contribution is -2.54. The van der Waals surface area contributed by atoms with Crippen LogP contribution in [0.5, 0.6) is 0 Å². The number of hydrogen-bond acceptors (Lipinski definition) is 4. The molecule has 1 aromatic rings. The number of aryl methyl sites for hydroxylation is 2. The average Bonchev–Trinajstić information content (AvgIpc) is 2.49. The molecular formula is C17H26N4O3. The fraction of sp³-hybridized carbons (Fsp3) is 0.471. The summed E-state index contributed by atoms with van der Waals surface area (Å²) in [4.78, 5) is 35.0. The Morgan fingerprint density at radius 2 is 1.75 bits per heavy atom. The van der Waals surface area contributed by atoms with Gasteiger partial charge in [-0.2, -0.15) is 0 Å². The molecule has 1 atom stereocenters. The summed E-state index contributed by atoms with van der Waals surface area (Å²) in [6, 6.07) is 5.18. The fourth-order valence-corrected chi connectivity index (χ4v) is 2.19. The van der Waals surface area contributed by atoms with E-state index in [9.17, 15) is 14.4 Å². The summed E-state index contributed by atoms with van der Waals surface area (Å²) in [6.45, 7) is 8.94. The topological polar surface area (TPSA) is 99.3 Å². The Morgan fingerprint density at radius 1 is 1.08 bits per heavy atom. The van der Waals surface area contributed by atoms with Gasteiger partial charge >= 0.3 is 0 Å². The Bertz CT molecular complexity index is 614. The van der Waals surface area contributed by atoms with E-state index in [0.717, 1.165) is 16.8 Å². The van der Waals surface area contributed by atoms with Gasteiger partial charge in [0.2, 0.25) is 5.91 Å². The zero-order chi connectivity index (χ0) is 18.3. The number of hydrogen-bond donors (Lipinski definition) is 4. The number of benzene rings is 1. The van der Waals surface area contributed by atoms with Crippen molar-refractivity contribution in [2.45, 2.75) is 40.7 Å². The maximum absolute atomic E-state index is 12.0. The molecule has 7 nitrogen and oxygen atoms in total. The monoisotopic (exact) mass is 334 g/mol. The Kier molecular flexibility index (Phi) is 7.23. The summed E-state index contributed by atoms with van der Waals surface area (Å²) in [6.07, 6.45) is 0. The summed E-state index contributed by atoms with van der Waals surface area (Å²) >= 11 is 0. The Morgan fingerprint density at radius 3 is 2.29 bits per heavy atom. The van der Waals surface area contributed by atoms with Crippen LogP contribution in [0.25, 0.3) is 0 Å². The van der Waals surface area contributed by atoms with Gasteiger partial charge in [-0.1, -0.05) is 31.5 Å². The van der Waals surface area contributed by atoms with Crippen LogP contribution in [0.2, 0.25) is 0 Å². The molecule has 0 saturated carbocycles. The minimum absolute atomic E-state index is 0.0245. The number of amides is 3. The molecule has 0 heterocycles. The van der Waals surface area contributed by atoms with Gasteiger partial charge in [-0.05, 0) is 31.4 Å². The highest BCUT2D eigenvalue weighted by Gasteiger charge is 2.23. The van der Waals surface area contributed by atoms with E-state index < -0.39 is 11.9 Å². The van der Waals surface area contributed by atoms with Crippen LogP contribution >= 0.6 is 0 Å². The first-order chi connectivity index (χ1) is 11.2. The van der Waals surface area contributed by atoms with Crippen LogP contribution in [-0.2, 0) is 14.4 Å². The molecule has 0 aliphatic rings. The quantitative estimate of drug-likeness (QED) is 0.584. The van der Waals surface area contributed by atoms with Crippen LogP contribution in [-0.4, -0.2) is 30.3 Å². The summed E-state index contributed by atoms with van der Waals surface area (Å²) in [5, 5.41) is 5.57. The standard InChI is InChI=1S/C17H26N4O3/c1-10(2)16(19-13(5)22)17(24)21-20-15(23)9-18-14-7-6-11(3)8-12(14)4/h6-8,10,16,18H,9H2,1-5H3,(H,19,22)(H,20,23)(H,21,24). The molecule has 132 valence electrons. The number of hydrazine groups is 1. The number of carbonyl (C=O) groups is 3. The molecule has 7 heteroatoms. The zero-order valence-electron chi connectivity index (χ0n) is 14.8. The molecule has 0 spiro atoms. The van der Waals surface area contributed by atoms with Crippen molar-refractivity contribution in [3.05, 3.63) is 29.3 Å². The second kappa shape index (κ2) is 8.90. The Balaban J connectivity index is 2.47. The second-order valence-corrected chi connectivity index (χ2v) is 6.13. The molecule has 0 bridgehead atoms. The Labute approximate surface area is 142 Å². The predicted octanol–water partition coefficient (Wildman–Crippen LogP) is 1.02. The third-order valence-corrected chi connectivity index (χ3v) is 3.45. The van der Waals surface area contributed by atoms with Crippen LogP contribution in [0.3, 0.4) is 0 Å². The van der Waals surface area contributed by atoms with Gasteiger partial charge in [-0.15, -0.1) is 0 Å². The van der Waals surface area contributed by atoms with Gasteiger partial charge in [0, 0.05) is 12.6 Å². The van der Waals surface area contributed by atoms with Crippen LogP contribution in [0.4, 0.5) is 5.69 Å². The van der Waals surface area contributed by atoms with E-state index >= 15 is 0 Å². The normalized spacial score (nSPS) is 11.6. The van der Waals surface area contributed by atoms with Crippen molar-refractivity contribution >= 4 is 23.4 Å². The van der Waals surface area contributed by atoms with Crippen molar-refractivity contribution in [3.8, 4) is 0 Å². The summed E-state index contributed by atoms with van der Waals surface area (Å²) in [7, 11) is 0. The Hall–Kier alpha value is -2.57. The van der Waals surface area contributed by atoms with Crippen LogP contribution in [0.1, 0.15) is 31.9 Å². The maximum atomic E-state index is 12.0. The first-order valence-electron chi connectivity index (χ1n) is 7.87. The van der Waals surface area contributed by atoms with Crippen LogP contribution in [0, 0.1) is 19.8 Å². The maximum Gasteiger partial charge on any atom is 0.261 e. The first kappa shape index (κ1) is 19.5.